The first-order valence-electron chi connectivity index (χ1n) is 11.6. The summed E-state index contributed by atoms with van der Waals surface area (Å²) < 4.78 is 6.81. The SMILES string of the molecule is CCCCCCCCCCCCN1CCCN(C2CCCCC2)C1=N.OBr. The van der Waals surface area contributed by atoms with E-state index in [1.807, 2.05) is 16.3 Å². The molecule has 1 aliphatic heterocycles. The van der Waals surface area contributed by atoms with Crippen molar-refractivity contribution in [3.05, 3.63) is 0 Å². The zero-order valence-electron chi connectivity index (χ0n) is 17.7. The molecule has 2 aliphatic rings. The molecule has 2 N–H and O–H groups in total. The molecule has 2 fully saturated rings. The first-order chi connectivity index (χ1) is 13.3. The maximum Gasteiger partial charge on any atom is 0.193 e. The van der Waals surface area contributed by atoms with Gasteiger partial charge in [-0.25, -0.2) is 0 Å². The lowest BCUT2D eigenvalue weighted by Crippen LogP contribution is -2.54. The zero-order chi connectivity index (χ0) is 19.7. The predicted molar refractivity (Wildman–Crippen MR) is 120 cm³/mol. The third-order valence-corrected chi connectivity index (χ3v) is 6.20. The van der Waals surface area contributed by atoms with Gasteiger partial charge in [-0.3, -0.25) is 5.41 Å². The van der Waals surface area contributed by atoms with Crippen molar-refractivity contribution in [2.24, 2.45) is 0 Å². The first-order valence-corrected chi connectivity index (χ1v) is 12.3. The normalized spacial score (nSPS) is 18.4. The van der Waals surface area contributed by atoms with E-state index in [2.05, 4.69) is 16.7 Å². The van der Waals surface area contributed by atoms with Crippen LogP contribution in [0.2, 0.25) is 0 Å². The smallest absolute Gasteiger partial charge is 0.193 e. The minimum atomic E-state index is 0.664. The fraction of sp³-hybridized carbons (Fsp3) is 0.955. The van der Waals surface area contributed by atoms with Gasteiger partial charge in [-0.05, 0) is 25.7 Å². The van der Waals surface area contributed by atoms with Crippen LogP contribution in [0.25, 0.3) is 0 Å². The highest BCUT2D eigenvalue weighted by molar-refractivity contribution is 9.05. The zero-order valence-corrected chi connectivity index (χ0v) is 19.3. The van der Waals surface area contributed by atoms with Crippen LogP contribution in [-0.2, 0) is 0 Å². The van der Waals surface area contributed by atoms with E-state index in [-0.39, 0.29) is 0 Å². The fourth-order valence-electron chi connectivity index (χ4n) is 4.58. The largest absolute Gasteiger partial charge is 0.343 e. The molecule has 0 bridgehead atoms. The molecule has 1 aliphatic carbocycles. The van der Waals surface area contributed by atoms with Crippen LogP contribution in [0.4, 0.5) is 0 Å². The van der Waals surface area contributed by atoms with E-state index in [1.54, 1.807) is 0 Å². The summed E-state index contributed by atoms with van der Waals surface area (Å²) >= 11 is 1.94. The molecule has 0 aromatic rings. The summed E-state index contributed by atoms with van der Waals surface area (Å²) in [6, 6.07) is 0.664. The Bertz CT molecular complexity index is 361. The van der Waals surface area contributed by atoms with Crippen LogP contribution < -0.4 is 0 Å². The Hall–Kier alpha value is -0.290. The Labute approximate surface area is 177 Å². The van der Waals surface area contributed by atoms with E-state index in [4.69, 9.17) is 9.61 Å². The van der Waals surface area contributed by atoms with Crippen molar-refractivity contribution in [1.82, 2.24) is 9.80 Å². The van der Waals surface area contributed by atoms with Crippen molar-refractivity contribution in [3.63, 3.8) is 0 Å². The van der Waals surface area contributed by atoms with Crippen molar-refractivity contribution < 1.29 is 4.20 Å². The minimum Gasteiger partial charge on any atom is -0.343 e. The number of halogens is 1. The summed E-state index contributed by atoms with van der Waals surface area (Å²) in [5.41, 5.74) is 0. The monoisotopic (exact) mass is 445 g/mol. The lowest BCUT2D eigenvalue weighted by Gasteiger charge is -2.44. The molecule has 5 heteroatoms. The van der Waals surface area contributed by atoms with Gasteiger partial charge in [-0.2, -0.15) is 0 Å². The van der Waals surface area contributed by atoms with Crippen LogP contribution in [0.15, 0.2) is 0 Å². The lowest BCUT2D eigenvalue weighted by atomic mass is 9.94. The number of nitrogens with zero attached hydrogens (tertiary/aromatic N) is 2. The molecule has 160 valence electrons. The second-order valence-corrected chi connectivity index (χ2v) is 8.33. The van der Waals surface area contributed by atoms with Crippen LogP contribution in [0.1, 0.15) is 110 Å². The average Bonchev–Trinajstić information content (AvgIpc) is 2.72. The van der Waals surface area contributed by atoms with Gasteiger partial charge >= 0.3 is 0 Å². The molecule has 1 saturated carbocycles. The van der Waals surface area contributed by atoms with E-state index < -0.39 is 0 Å². The van der Waals surface area contributed by atoms with Gasteiger partial charge < -0.3 is 14.0 Å². The van der Waals surface area contributed by atoms with E-state index >= 15 is 0 Å². The van der Waals surface area contributed by atoms with E-state index in [1.165, 1.54) is 103 Å². The van der Waals surface area contributed by atoms with Gasteiger partial charge in [0.1, 0.15) is 0 Å². The molecule has 1 heterocycles. The molecule has 0 aromatic heterocycles. The summed E-state index contributed by atoms with van der Waals surface area (Å²) in [6.45, 7) is 5.63. The van der Waals surface area contributed by atoms with Gasteiger partial charge in [-0.15, -0.1) is 0 Å². The fourth-order valence-corrected chi connectivity index (χ4v) is 4.58. The van der Waals surface area contributed by atoms with Crippen molar-refractivity contribution in [3.8, 4) is 0 Å². The number of hydrogen-bond donors (Lipinski definition) is 2. The van der Waals surface area contributed by atoms with Crippen molar-refractivity contribution in [2.75, 3.05) is 19.6 Å². The second-order valence-electron chi connectivity index (χ2n) is 8.33. The molecule has 0 radical (unpaired) electrons. The predicted octanol–water partition coefficient (Wildman–Crippen LogP) is 6.47. The van der Waals surface area contributed by atoms with Gasteiger partial charge in [0.05, 0.1) is 16.3 Å². The highest BCUT2D eigenvalue weighted by atomic mass is 79.9. The third kappa shape index (κ3) is 10.2. The van der Waals surface area contributed by atoms with Crippen molar-refractivity contribution in [1.29, 1.82) is 5.41 Å². The summed E-state index contributed by atoms with van der Waals surface area (Å²) in [6.07, 6.45) is 22.0. The molecular formula is C22H44BrN3O. The summed E-state index contributed by atoms with van der Waals surface area (Å²) in [5, 5.41) is 8.62. The van der Waals surface area contributed by atoms with Gasteiger partial charge in [0.25, 0.3) is 0 Å². The molecule has 2 rings (SSSR count). The Balaban J connectivity index is 0.00000176. The number of nitrogens with one attached hydrogen (secondary N) is 1. The van der Waals surface area contributed by atoms with Gasteiger partial charge in [-0.1, -0.05) is 84.0 Å². The average molecular weight is 447 g/mol. The Kier molecular flexibility index (Phi) is 15.3. The van der Waals surface area contributed by atoms with Gasteiger partial charge in [0.2, 0.25) is 0 Å². The van der Waals surface area contributed by atoms with Gasteiger partial charge in [0, 0.05) is 25.7 Å². The van der Waals surface area contributed by atoms with Crippen LogP contribution in [0.5, 0.6) is 0 Å². The third-order valence-electron chi connectivity index (χ3n) is 6.20. The molecule has 4 nitrogen and oxygen atoms in total. The molecule has 0 aromatic carbocycles. The minimum absolute atomic E-state index is 0.664. The number of hydrogen-bond acceptors (Lipinski definition) is 2. The van der Waals surface area contributed by atoms with Gasteiger partial charge in [0.15, 0.2) is 5.96 Å². The number of guanidine groups is 1. The molecule has 0 spiro atoms. The standard InChI is InChI=1S/C22H43N3.BrHO/c1-2-3-4-5-6-7-8-9-10-14-18-24-19-15-20-25(22(24)23)21-16-12-11-13-17-21;1-2/h21,23H,2-20H2,1H3;2H. The van der Waals surface area contributed by atoms with E-state index in [0.717, 1.165) is 25.6 Å². The van der Waals surface area contributed by atoms with Crippen molar-refractivity contribution in [2.45, 2.75) is 116 Å². The molecule has 0 amide bonds. The number of unbranched alkanes of at least 4 members (excludes halogenated alkanes) is 9. The summed E-state index contributed by atoms with van der Waals surface area (Å²) in [4.78, 5) is 4.79. The van der Waals surface area contributed by atoms with Crippen LogP contribution in [0.3, 0.4) is 0 Å². The molecule has 1 saturated heterocycles. The van der Waals surface area contributed by atoms with Crippen LogP contribution >= 0.6 is 16.3 Å². The summed E-state index contributed by atoms with van der Waals surface area (Å²) in [5.74, 6) is 0.842. The first kappa shape index (κ1) is 24.7. The van der Waals surface area contributed by atoms with Crippen LogP contribution in [0, 0.1) is 5.41 Å². The Morgan fingerprint density at radius 3 is 1.96 bits per heavy atom. The maximum absolute atomic E-state index is 8.62. The Morgan fingerprint density at radius 1 is 0.815 bits per heavy atom. The quantitative estimate of drug-likeness (QED) is 0.338. The van der Waals surface area contributed by atoms with E-state index in [9.17, 15) is 0 Å². The summed E-state index contributed by atoms with van der Waals surface area (Å²) in [7, 11) is 0. The molecule has 0 unspecified atom stereocenters. The topological polar surface area (TPSA) is 50.6 Å². The molecule has 0 atom stereocenters. The molecule has 27 heavy (non-hydrogen) atoms. The Morgan fingerprint density at radius 2 is 1.37 bits per heavy atom. The van der Waals surface area contributed by atoms with E-state index in [0.29, 0.717) is 6.04 Å². The highest BCUT2D eigenvalue weighted by Crippen LogP contribution is 2.25. The van der Waals surface area contributed by atoms with Crippen LogP contribution in [-0.4, -0.2) is 45.6 Å². The second kappa shape index (κ2) is 16.6. The maximum atomic E-state index is 8.62. The molecular weight excluding hydrogens is 402 g/mol. The van der Waals surface area contributed by atoms with Crippen molar-refractivity contribution >= 4 is 22.2 Å². The lowest BCUT2D eigenvalue weighted by molar-refractivity contribution is 0.174. The highest BCUT2D eigenvalue weighted by Gasteiger charge is 2.28. The number of rotatable bonds is 12.